The second-order valence-electron chi connectivity index (χ2n) is 5.05. The number of hydrogen-bond donors (Lipinski definition) is 3. The van der Waals surface area contributed by atoms with Crippen molar-refractivity contribution in [3.8, 4) is 5.69 Å². The monoisotopic (exact) mass is 380 g/mol. The predicted octanol–water partition coefficient (Wildman–Crippen LogP) is -0.500. The van der Waals surface area contributed by atoms with Crippen molar-refractivity contribution in [2.24, 2.45) is 0 Å². The summed E-state index contributed by atoms with van der Waals surface area (Å²) >= 11 is 10.4. The number of carbonyl (C=O) groups is 1. The maximum atomic E-state index is 11.5. The molecule has 0 fully saturated rings. The minimum atomic E-state index is -1.21. The summed E-state index contributed by atoms with van der Waals surface area (Å²) in [4.78, 5) is 11.5. The summed E-state index contributed by atoms with van der Waals surface area (Å²) in [5.74, 6) is -1.21. The van der Waals surface area contributed by atoms with Crippen LogP contribution in [-0.4, -0.2) is 20.7 Å². The van der Waals surface area contributed by atoms with Crippen molar-refractivity contribution in [2.45, 2.75) is 6.04 Å². The number of hydrogen-bond acceptors (Lipinski definition) is 5. The van der Waals surface area contributed by atoms with Gasteiger partial charge in [-0.2, -0.15) is 0 Å². The molecule has 9 heteroatoms. The summed E-state index contributed by atoms with van der Waals surface area (Å²) in [6, 6.07) is 15.0. The number of nitrogens with zero attached hydrogens (tertiary/aromatic N) is 1. The molecular weight excluding hydrogens is 367 g/mol. The number of anilines is 1. The van der Waals surface area contributed by atoms with Crippen LogP contribution >= 0.6 is 24.4 Å². The summed E-state index contributed by atoms with van der Waals surface area (Å²) in [6.45, 7) is 0. The number of carbonyl (C=O) groups excluding carboxylic acids is 1. The Balaban J connectivity index is 0.00000225. The third-order valence-corrected chi connectivity index (χ3v) is 4.04. The van der Waals surface area contributed by atoms with Gasteiger partial charge in [-0.3, -0.25) is 14.8 Å². The van der Waals surface area contributed by atoms with Gasteiger partial charge in [-0.25, -0.2) is 0 Å². The van der Waals surface area contributed by atoms with Crippen molar-refractivity contribution < 1.29 is 39.5 Å². The van der Waals surface area contributed by atoms with Crippen LogP contribution < -0.4 is 40.0 Å². The average molecular weight is 380 g/mol. The molecule has 0 aliphatic rings. The molecule has 0 radical (unpaired) electrons. The van der Waals surface area contributed by atoms with Crippen LogP contribution in [-0.2, 0) is 4.79 Å². The number of aromatic nitrogens is 3. The van der Waals surface area contributed by atoms with E-state index in [1.165, 1.54) is 0 Å². The molecule has 0 aliphatic heterocycles. The molecule has 1 unspecified atom stereocenters. The summed E-state index contributed by atoms with van der Waals surface area (Å²) in [5.41, 5.74) is 1.94. The van der Waals surface area contributed by atoms with Gasteiger partial charge in [-0.05, 0) is 48.2 Å². The molecule has 3 rings (SSSR count). The van der Waals surface area contributed by atoms with Crippen LogP contribution in [0.3, 0.4) is 0 Å². The van der Waals surface area contributed by atoms with Gasteiger partial charge in [-0.1, -0.05) is 36.4 Å². The molecule has 1 atom stereocenters. The number of H-pyrrole nitrogens is 2. The SMILES string of the molecule is O=C([O-])C(Nc1cccc(-n2c(=S)[nH][nH]c2=S)c1)c1ccccc1.[Na+]. The topological polar surface area (TPSA) is 88.7 Å². The van der Waals surface area contributed by atoms with Gasteiger partial charge in [0.05, 0.1) is 17.7 Å². The van der Waals surface area contributed by atoms with E-state index in [0.29, 0.717) is 20.8 Å². The van der Waals surface area contributed by atoms with E-state index < -0.39 is 12.0 Å². The second kappa shape index (κ2) is 8.59. The van der Waals surface area contributed by atoms with Crippen LogP contribution in [0, 0.1) is 9.54 Å². The first kappa shape index (κ1) is 19.6. The van der Waals surface area contributed by atoms with Crippen LogP contribution in [0.4, 0.5) is 5.69 Å². The van der Waals surface area contributed by atoms with E-state index in [-0.39, 0.29) is 29.6 Å². The zero-order valence-electron chi connectivity index (χ0n) is 13.4. The van der Waals surface area contributed by atoms with E-state index in [1.807, 2.05) is 12.1 Å². The normalized spacial score (nSPS) is 11.4. The molecule has 0 amide bonds. The third kappa shape index (κ3) is 4.47. The first-order chi connectivity index (χ1) is 11.6. The Hall–Kier alpha value is -1.71. The summed E-state index contributed by atoms with van der Waals surface area (Å²) in [6.07, 6.45) is 0. The van der Waals surface area contributed by atoms with Gasteiger partial charge < -0.3 is 15.2 Å². The molecule has 0 saturated carbocycles. The van der Waals surface area contributed by atoms with Crippen LogP contribution in [0.25, 0.3) is 5.69 Å². The van der Waals surface area contributed by atoms with Gasteiger partial charge in [0.1, 0.15) is 0 Å². The first-order valence-electron chi connectivity index (χ1n) is 7.09. The van der Waals surface area contributed by atoms with Gasteiger partial charge in [-0.15, -0.1) is 0 Å². The Morgan fingerprint density at radius 1 is 1.04 bits per heavy atom. The van der Waals surface area contributed by atoms with E-state index in [2.05, 4.69) is 15.5 Å². The molecule has 3 N–H and O–H groups in total. The maximum Gasteiger partial charge on any atom is 1.00 e. The van der Waals surface area contributed by atoms with Crippen molar-refractivity contribution in [3.05, 3.63) is 69.7 Å². The fourth-order valence-electron chi connectivity index (χ4n) is 2.37. The Morgan fingerprint density at radius 3 is 2.28 bits per heavy atom. The Morgan fingerprint density at radius 2 is 1.68 bits per heavy atom. The van der Waals surface area contributed by atoms with Gasteiger partial charge in [0.15, 0.2) is 9.54 Å². The van der Waals surface area contributed by atoms with Crippen LogP contribution in [0.1, 0.15) is 11.6 Å². The van der Waals surface area contributed by atoms with Gasteiger partial charge in [0, 0.05) is 5.69 Å². The molecule has 122 valence electrons. The Bertz CT molecular complexity index is 954. The minimum absolute atomic E-state index is 0. The molecule has 2 aromatic carbocycles. The van der Waals surface area contributed by atoms with Crippen molar-refractivity contribution in [3.63, 3.8) is 0 Å². The standard InChI is InChI=1S/C16H14N4O2S2.Na/c21-14(22)13(10-5-2-1-3-6-10)17-11-7-4-8-12(9-11)20-15(23)18-19-16(20)24;/h1-9,13,17H,(H,18,23)(H,19,24)(H,21,22);/q;+1/p-1. The molecule has 0 aliphatic carbocycles. The zero-order valence-corrected chi connectivity index (χ0v) is 17.0. The van der Waals surface area contributed by atoms with Gasteiger partial charge >= 0.3 is 29.6 Å². The molecule has 0 saturated heterocycles. The number of rotatable bonds is 5. The molecule has 0 spiro atoms. The predicted molar refractivity (Wildman–Crippen MR) is 94.0 cm³/mol. The van der Waals surface area contributed by atoms with Crippen LogP contribution in [0.15, 0.2) is 54.6 Å². The van der Waals surface area contributed by atoms with E-state index in [4.69, 9.17) is 24.4 Å². The summed E-state index contributed by atoms with van der Waals surface area (Å²) < 4.78 is 2.50. The second-order valence-corrected chi connectivity index (χ2v) is 5.83. The smallest absolute Gasteiger partial charge is 0.548 e. The zero-order chi connectivity index (χ0) is 17.1. The summed E-state index contributed by atoms with van der Waals surface area (Å²) in [7, 11) is 0. The molecule has 3 aromatic rings. The Kier molecular flexibility index (Phi) is 6.74. The minimum Gasteiger partial charge on any atom is -0.548 e. The van der Waals surface area contributed by atoms with E-state index in [1.54, 1.807) is 47.0 Å². The van der Waals surface area contributed by atoms with E-state index >= 15 is 0 Å². The number of aliphatic carboxylic acids is 1. The molecule has 6 nitrogen and oxygen atoms in total. The van der Waals surface area contributed by atoms with E-state index in [0.717, 1.165) is 5.69 Å². The molecule has 25 heavy (non-hydrogen) atoms. The Labute approximate surface area is 176 Å². The molecule has 1 heterocycles. The van der Waals surface area contributed by atoms with Gasteiger partial charge in [0.25, 0.3) is 0 Å². The fraction of sp³-hybridized carbons (Fsp3) is 0.0625. The van der Waals surface area contributed by atoms with Crippen molar-refractivity contribution in [1.29, 1.82) is 0 Å². The molecule has 1 aromatic heterocycles. The maximum absolute atomic E-state index is 11.5. The number of aromatic amines is 2. The van der Waals surface area contributed by atoms with Crippen LogP contribution in [0.2, 0.25) is 0 Å². The molecule has 0 bridgehead atoms. The largest absolute Gasteiger partial charge is 1.00 e. The number of carboxylic acids is 1. The summed E-state index contributed by atoms with van der Waals surface area (Å²) in [5, 5.41) is 20.0. The third-order valence-electron chi connectivity index (χ3n) is 3.47. The van der Waals surface area contributed by atoms with E-state index in [9.17, 15) is 9.90 Å². The molecular formula is C16H13N4NaO2S2. The quantitative estimate of drug-likeness (QED) is 0.410. The average Bonchev–Trinajstić information content (AvgIpc) is 2.92. The number of carboxylic acid groups (broad SMARTS) is 1. The van der Waals surface area contributed by atoms with Crippen molar-refractivity contribution in [2.75, 3.05) is 5.32 Å². The number of benzene rings is 2. The van der Waals surface area contributed by atoms with Crippen molar-refractivity contribution in [1.82, 2.24) is 14.8 Å². The van der Waals surface area contributed by atoms with Gasteiger partial charge in [0.2, 0.25) is 0 Å². The first-order valence-corrected chi connectivity index (χ1v) is 7.90. The van der Waals surface area contributed by atoms with Crippen LogP contribution in [0.5, 0.6) is 0 Å². The number of nitrogens with one attached hydrogen (secondary N) is 3. The fourth-order valence-corrected chi connectivity index (χ4v) is 2.92. The van der Waals surface area contributed by atoms with Crippen molar-refractivity contribution >= 4 is 36.1 Å².